The molecule has 3 rings (SSSR count). The molecule has 0 unspecified atom stereocenters. The molecule has 1 saturated heterocycles. The number of nitrogens with zero attached hydrogens (tertiary/aromatic N) is 1. The van der Waals surface area contributed by atoms with E-state index in [2.05, 4.69) is 36.5 Å². The molecule has 1 N–H and O–H groups in total. The van der Waals surface area contributed by atoms with Gasteiger partial charge >= 0.3 is 6.03 Å². The molecule has 1 aromatic carbocycles. The fourth-order valence-electron chi connectivity index (χ4n) is 3.14. The number of carbonyl (C=O) groups excluding carboxylic acids is 1. The number of hydrogen-bond acceptors (Lipinski definition) is 1. The Morgan fingerprint density at radius 3 is 2.32 bits per heavy atom. The van der Waals surface area contributed by atoms with Gasteiger partial charge in [-0.3, -0.25) is 0 Å². The minimum absolute atomic E-state index is 0.129. The number of amides is 2. The van der Waals surface area contributed by atoms with E-state index in [1.165, 1.54) is 11.1 Å². The van der Waals surface area contributed by atoms with Crippen molar-refractivity contribution < 1.29 is 4.79 Å². The van der Waals surface area contributed by atoms with E-state index in [1.54, 1.807) is 0 Å². The Labute approximate surface area is 115 Å². The lowest BCUT2D eigenvalue weighted by Crippen LogP contribution is -2.48. The second kappa shape index (κ2) is 5.24. The van der Waals surface area contributed by atoms with E-state index in [1.807, 2.05) is 4.90 Å². The van der Waals surface area contributed by atoms with Gasteiger partial charge in [-0.2, -0.15) is 0 Å². The van der Waals surface area contributed by atoms with Crippen molar-refractivity contribution in [1.82, 2.24) is 10.2 Å². The maximum Gasteiger partial charge on any atom is 0.317 e. The van der Waals surface area contributed by atoms with Crippen LogP contribution < -0.4 is 5.32 Å². The minimum atomic E-state index is 0.129. The van der Waals surface area contributed by atoms with Crippen LogP contribution in [0, 0.1) is 5.92 Å². The van der Waals surface area contributed by atoms with Crippen LogP contribution in [0.15, 0.2) is 24.3 Å². The Bertz CT molecular complexity index is 439. The number of rotatable bonds is 1. The average molecular weight is 258 g/mol. The van der Waals surface area contributed by atoms with Gasteiger partial charge in [0, 0.05) is 19.1 Å². The second-order valence-electron chi connectivity index (χ2n) is 5.99. The van der Waals surface area contributed by atoms with Gasteiger partial charge in [-0.15, -0.1) is 0 Å². The molecule has 0 bridgehead atoms. The van der Waals surface area contributed by atoms with Crippen LogP contribution in [-0.4, -0.2) is 30.1 Å². The zero-order valence-corrected chi connectivity index (χ0v) is 11.6. The summed E-state index contributed by atoms with van der Waals surface area (Å²) >= 11 is 0. The lowest BCUT2D eigenvalue weighted by atomic mass is 10.00. The van der Waals surface area contributed by atoms with Crippen molar-refractivity contribution in [2.75, 3.05) is 13.1 Å². The average Bonchev–Trinajstić information content (AvgIpc) is 2.81. The zero-order valence-electron chi connectivity index (χ0n) is 11.6. The molecule has 1 aromatic rings. The molecule has 1 heterocycles. The minimum Gasteiger partial charge on any atom is -0.335 e. The van der Waals surface area contributed by atoms with Crippen LogP contribution in [0.3, 0.4) is 0 Å². The van der Waals surface area contributed by atoms with Gasteiger partial charge in [-0.1, -0.05) is 31.2 Å². The first kappa shape index (κ1) is 12.5. The third-order valence-electron chi connectivity index (χ3n) is 4.45. The van der Waals surface area contributed by atoms with E-state index in [0.717, 1.165) is 44.7 Å². The number of carbonyl (C=O) groups is 1. The molecular weight excluding hydrogens is 236 g/mol. The molecule has 0 aromatic heterocycles. The predicted molar refractivity (Wildman–Crippen MR) is 76.1 cm³/mol. The topological polar surface area (TPSA) is 32.3 Å². The third kappa shape index (κ3) is 2.75. The van der Waals surface area contributed by atoms with Crippen molar-refractivity contribution in [2.24, 2.45) is 5.92 Å². The van der Waals surface area contributed by atoms with Crippen molar-refractivity contribution in [3.05, 3.63) is 35.4 Å². The van der Waals surface area contributed by atoms with Gasteiger partial charge in [-0.05, 0) is 42.7 Å². The normalized spacial score (nSPS) is 20.4. The summed E-state index contributed by atoms with van der Waals surface area (Å²) in [4.78, 5) is 14.2. The SMILES string of the molecule is CC1CCN(C(=O)NC2Cc3ccccc3C2)CC1. The van der Waals surface area contributed by atoms with Gasteiger partial charge in [0.25, 0.3) is 0 Å². The van der Waals surface area contributed by atoms with E-state index in [-0.39, 0.29) is 12.1 Å². The number of likely N-dealkylation sites (tertiary alicyclic amines) is 1. The molecule has 1 aliphatic heterocycles. The van der Waals surface area contributed by atoms with Crippen LogP contribution in [0.25, 0.3) is 0 Å². The van der Waals surface area contributed by atoms with E-state index in [9.17, 15) is 4.79 Å². The second-order valence-corrected chi connectivity index (χ2v) is 5.99. The fourth-order valence-corrected chi connectivity index (χ4v) is 3.14. The van der Waals surface area contributed by atoms with E-state index < -0.39 is 0 Å². The number of benzene rings is 1. The highest BCUT2D eigenvalue weighted by atomic mass is 16.2. The summed E-state index contributed by atoms with van der Waals surface area (Å²) in [5, 5.41) is 3.20. The standard InChI is InChI=1S/C16H22N2O/c1-12-6-8-18(9-7-12)16(19)17-15-10-13-4-2-3-5-14(13)11-15/h2-5,12,15H,6-11H2,1H3,(H,17,19). The molecule has 3 heteroatoms. The summed E-state index contributed by atoms with van der Waals surface area (Å²) in [7, 11) is 0. The summed E-state index contributed by atoms with van der Waals surface area (Å²) in [5.41, 5.74) is 2.78. The smallest absolute Gasteiger partial charge is 0.317 e. The maximum absolute atomic E-state index is 12.2. The number of urea groups is 1. The molecule has 2 amide bonds. The van der Waals surface area contributed by atoms with Crippen LogP contribution >= 0.6 is 0 Å². The zero-order chi connectivity index (χ0) is 13.2. The number of fused-ring (bicyclic) bond motifs is 1. The molecule has 102 valence electrons. The first-order valence-electron chi connectivity index (χ1n) is 7.34. The summed E-state index contributed by atoms with van der Waals surface area (Å²) in [5.74, 6) is 0.764. The van der Waals surface area contributed by atoms with Crippen LogP contribution in [0.2, 0.25) is 0 Å². The van der Waals surface area contributed by atoms with Crippen molar-refractivity contribution >= 4 is 6.03 Å². The Hall–Kier alpha value is -1.51. The first-order chi connectivity index (χ1) is 9.22. The molecule has 0 radical (unpaired) electrons. The Morgan fingerprint density at radius 1 is 1.16 bits per heavy atom. The predicted octanol–water partition coefficient (Wildman–Crippen LogP) is 2.60. The van der Waals surface area contributed by atoms with Crippen LogP contribution in [-0.2, 0) is 12.8 Å². The Morgan fingerprint density at radius 2 is 1.74 bits per heavy atom. The monoisotopic (exact) mass is 258 g/mol. The highest BCUT2D eigenvalue weighted by Crippen LogP contribution is 2.22. The molecule has 2 aliphatic rings. The van der Waals surface area contributed by atoms with Gasteiger partial charge in [-0.25, -0.2) is 4.79 Å². The van der Waals surface area contributed by atoms with Crippen molar-refractivity contribution in [2.45, 2.75) is 38.6 Å². The largest absolute Gasteiger partial charge is 0.335 e. The van der Waals surface area contributed by atoms with Gasteiger partial charge in [0.1, 0.15) is 0 Å². The van der Waals surface area contributed by atoms with Crippen LogP contribution in [0.1, 0.15) is 30.9 Å². The quantitative estimate of drug-likeness (QED) is 0.825. The van der Waals surface area contributed by atoms with Gasteiger partial charge in [0.15, 0.2) is 0 Å². The Balaban J connectivity index is 1.54. The van der Waals surface area contributed by atoms with Gasteiger partial charge < -0.3 is 10.2 Å². The fraction of sp³-hybridized carbons (Fsp3) is 0.562. The molecule has 1 fully saturated rings. The summed E-state index contributed by atoms with van der Waals surface area (Å²) < 4.78 is 0. The van der Waals surface area contributed by atoms with Gasteiger partial charge in [0.2, 0.25) is 0 Å². The van der Waals surface area contributed by atoms with E-state index in [4.69, 9.17) is 0 Å². The van der Waals surface area contributed by atoms with E-state index in [0.29, 0.717) is 0 Å². The molecule has 19 heavy (non-hydrogen) atoms. The molecule has 0 saturated carbocycles. The molecular formula is C16H22N2O. The van der Waals surface area contributed by atoms with Crippen LogP contribution in [0.5, 0.6) is 0 Å². The number of nitrogens with one attached hydrogen (secondary N) is 1. The lowest BCUT2D eigenvalue weighted by Gasteiger charge is -2.31. The maximum atomic E-state index is 12.2. The molecule has 3 nitrogen and oxygen atoms in total. The highest BCUT2D eigenvalue weighted by Gasteiger charge is 2.26. The summed E-state index contributed by atoms with van der Waals surface area (Å²) in [6.07, 6.45) is 4.23. The lowest BCUT2D eigenvalue weighted by molar-refractivity contribution is 0.171. The van der Waals surface area contributed by atoms with E-state index >= 15 is 0 Å². The number of piperidine rings is 1. The van der Waals surface area contributed by atoms with Crippen LogP contribution in [0.4, 0.5) is 4.79 Å². The van der Waals surface area contributed by atoms with Crippen molar-refractivity contribution in [1.29, 1.82) is 0 Å². The molecule has 1 aliphatic carbocycles. The highest BCUT2D eigenvalue weighted by molar-refractivity contribution is 5.74. The third-order valence-corrected chi connectivity index (χ3v) is 4.45. The summed E-state index contributed by atoms with van der Waals surface area (Å²) in [6.45, 7) is 4.09. The summed E-state index contributed by atoms with van der Waals surface area (Å²) in [6, 6.07) is 8.91. The Kier molecular flexibility index (Phi) is 3.45. The van der Waals surface area contributed by atoms with Crippen molar-refractivity contribution in [3.8, 4) is 0 Å². The number of hydrogen-bond donors (Lipinski definition) is 1. The first-order valence-corrected chi connectivity index (χ1v) is 7.34. The van der Waals surface area contributed by atoms with Gasteiger partial charge in [0.05, 0.1) is 0 Å². The molecule has 0 atom stereocenters. The van der Waals surface area contributed by atoms with Crippen molar-refractivity contribution in [3.63, 3.8) is 0 Å². The molecule has 0 spiro atoms.